The van der Waals surface area contributed by atoms with Crippen molar-refractivity contribution >= 4 is 55.9 Å². The maximum atomic E-state index is 14.2. The van der Waals surface area contributed by atoms with Gasteiger partial charge in [0.25, 0.3) is 0 Å². The van der Waals surface area contributed by atoms with Gasteiger partial charge in [-0.1, -0.05) is 34.1 Å². The fourth-order valence-corrected chi connectivity index (χ4v) is 6.83. The minimum absolute atomic E-state index is 0.310. The van der Waals surface area contributed by atoms with E-state index < -0.39 is 23.4 Å². The van der Waals surface area contributed by atoms with E-state index in [9.17, 15) is 14.4 Å². The van der Waals surface area contributed by atoms with E-state index in [1.165, 1.54) is 4.90 Å². The molecule has 2 fully saturated rings. The molecule has 7 rings (SSSR count). The van der Waals surface area contributed by atoms with Gasteiger partial charge in [-0.25, -0.2) is 4.90 Å². The Bertz CT molecular complexity index is 1650. The van der Waals surface area contributed by atoms with E-state index in [-0.39, 0.29) is 17.7 Å². The molecule has 1 spiro atoms. The first-order chi connectivity index (χ1) is 18.4. The molecule has 3 aliphatic rings. The molecular weight excluding hydrogens is 548 g/mol. The Hall–Kier alpha value is -3.95. The van der Waals surface area contributed by atoms with Crippen molar-refractivity contribution < 1.29 is 19.1 Å². The quantitative estimate of drug-likeness (QED) is 0.320. The number of benzene rings is 3. The molecule has 0 radical (unpaired) electrons. The van der Waals surface area contributed by atoms with E-state index in [4.69, 9.17) is 4.74 Å². The Morgan fingerprint density at radius 1 is 1.00 bits per heavy atom. The summed E-state index contributed by atoms with van der Waals surface area (Å²) < 4.78 is 6.04. The summed E-state index contributed by atoms with van der Waals surface area (Å²) in [7, 11) is 1.56. The van der Waals surface area contributed by atoms with Crippen molar-refractivity contribution in [1.82, 2.24) is 10.3 Å². The number of amides is 3. The van der Waals surface area contributed by atoms with Crippen LogP contribution in [0.5, 0.6) is 5.75 Å². The van der Waals surface area contributed by atoms with Crippen LogP contribution in [0, 0.1) is 11.8 Å². The van der Waals surface area contributed by atoms with Crippen molar-refractivity contribution in [2.75, 3.05) is 17.3 Å². The molecule has 0 saturated carbocycles. The van der Waals surface area contributed by atoms with Crippen LogP contribution in [0.1, 0.15) is 11.1 Å². The summed E-state index contributed by atoms with van der Waals surface area (Å²) in [4.78, 5) is 46.5. The van der Waals surface area contributed by atoms with Gasteiger partial charge in [-0.15, -0.1) is 0 Å². The Balaban J connectivity index is 1.37. The molecule has 3 N–H and O–H groups in total. The van der Waals surface area contributed by atoms with Crippen LogP contribution in [0.4, 0.5) is 11.4 Å². The molecule has 4 atom stereocenters. The summed E-state index contributed by atoms with van der Waals surface area (Å²) >= 11 is 3.52. The van der Waals surface area contributed by atoms with Crippen molar-refractivity contribution in [2.45, 2.75) is 18.0 Å². The van der Waals surface area contributed by atoms with Crippen LogP contribution in [0.3, 0.4) is 0 Å². The highest BCUT2D eigenvalue weighted by Crippen LogP contribution is 2.54. The number of hydrogen-bond acceptors (Lipinski definition) is 5. The summed E-state index contributed by atoms with van der Waals surface area (Å²) in [5.74, 6) is -2.02. The number of carbonyl (C=O) groups is 3. The third kappa shape index (κ3) is 3.09. The van der Waals surface area contributed by atoms with E-state index in [0.717, 1.165) is 20.9 Å². The number of halogens is 1. The van der Waals surface area contributed by atoms with Gasteiger partial charge < -0.3 is 15.0 Å². The maximum absolute atomic E-state index is 14.2. The Kier molecular flexibility index (Phi) is 5.05. The van der Waals surface area contributed by atoms with E-state index >= 15 is 0 Å². The summed E-state index contributed by atoms with van der Waals surface area (Å²) in [6, 6.07) is 19.9. The van der Waals surface area contributed by atoms with E-state index in [0.29, 0.717) is 29.1 Å². The second-order valence-electron chi connectivity index (χ2n) is 9.98. The first-order valence-corrected chi connectivity index (χ1v) is 13.2. The average molecular weight is 571 g/mol. The number of nitrogens with zero attached hydrogens (tertiary/aromatic N) is 1. The van der Waals surface area contributed by atoms with Crippen molar-refractivity contribution in [1.29, 1.82) is 0 Å². The second kappa shape index (κ2) is 8.28. The molecule has 0 aliphatic carbocycles. The van der Waals surface area contributed by atoms with Gasteiger partial charge in [-0.2, -0.15) is 0 Å². The molecule has 3 amide bonds. The summed E-state index contributed by atoms with van der Waals surface area (Å²) in [5.41, 5.74) is 2.42. The van der Waals surface area contributed by atoms with Gasteiger partial charge in [0.2, 0.25) is 17.7 Å². The molecular formula is C29H23BrN4O4. The zero-order valence-electron chi connectivity index (χ0n) is 20.3. The van der Waals surface area contributed by atoms with E-state index in [2.05, 4.69) is 31.5 Å². The molecule has 38 heavy (non-hydrogen) atoms. The van der Waals surface area contributed by atoms with Gasteiger partial charge in [0.1, 0.15) is 11.3 Å². The molecule has 4 heterocycles. The third-order valence-corrected chi connectivity index (χ3v) is 8.62. The Labute approximate surface area is 226 Å². The van der Waals surface area contributed by atoms with Gasteiger partial charge in [-0.05, 0) is 60.5 Å². The number of para-hydroxylation sites is 1. The fraction of sp³-hybridized carbons (Fsp3) is 0.207. The molecule has 2 saturated heterocycles. The number of methoxy groups -OCH3 is 1. The van der Waals surface area contributed by atoms with Crippen LogP contribution in [-0.4, -0.2) is 35.9 Å². The van der Waals surface area contributed by atoms with Crippen molar-refractivity contribution in [3.05, 3.63) is 88.5 Å². The number of imide groups is 1. The van der Waals surface area contributed by atoms with Crippen LogP contribution in [0.15, 0.2) is 77.4 Å². The normalized spacial score (nSPS) is 25.8. The SMILES string of the molecule is COc1ccc(N2C(=O)[C@@H]3[C@@H](C2=O)[C@@]2(N[C@@H]3Cc3c[nH]c4ccccc34)C(=O)Nc3ccc(Br)cc32)cc1. The Morgan fingerprint density at radius 2 is 1.79 bits per heavy atom. The summed E-state index contributed by atoms with van der Waals surface area (Å²) in [6.07, 6.45) is 2.41. The average Bonchev–Trinajstić information content (AvgIpc) is 3.63. The number of anilines is 2. The molecule has 0 bridgehead atoms. The predicted molar refractivity (Wildman–Crippen MR) is 146 cm³/mol. The van der Waals surface area contributed by atoms with Crippen LogP contribution >= 0.6 is 15.9 Å². The highest BCUT2D eigenvalue weighted by Gasteiger charge is 2.70. The number of H-pyrrole nitrogens is 1. The molecule has 9 heteroatoms. The number of aromatic nitrogens is 1. The number of ether oxygens (including phenoxy) is 1. The summed E-state index contributed by atoms with van der Waals surface area (Å²) in [6.45, 7) is 0. The van der Waals surface area contributed by atoms with Crippen LogP contribution in [-0.2, 0) is 26.3 Å². The molecule has 3 aromatic carbocycles. The lowest BCUT2D eigenvalue weighted by Crippen LogP contribution is -2.53. The van der Waals surface area contributed by atoms with Gasteiger partial charge in [0, 0.05) is 38.9 Å². The third-order valence-electron chi connectivity index (χ3n) is 8.12. The predicted octanol–water partition coefficient (Wildman–Crippen LogP) is 4.11. The molecule has 0 unspecified atom stereocenters. The van der Waals surface area contributed by atoms with Crippen LogP contribution < -0.4 is 20.3 Å². The van der Waals surface area contributed by atoms with Gasteiger partial charge >= 0.3 is 0 Å². The number of fused-ring (bicyclic) bond motifs is 5. The number of hydrogen-bond donors (Lipinski definition) is 3. The van der Waals surface area contributed by atoms with Crippen molar-refractivity contribution in [3.8, 4) is 5.75 Å². The minimum atomic E-state index is -1.37. The van der Waals surface area contributed by atoms with Gasteiger partial charge in [-0.3, -0.25) is 19.7 Å². The fourth-order valence-electron chi connectivity index (χ4n) is 6.47. The van der Waals surface area contributed by atoms with Crippen LogP contribution in [0.2, 0.25) is 0 Å². The number of nitrogens with one attached hydrogen (secondary N) is 3. The maximum Gasteiger partial charge on any atom is 0.250 e. The van der Waals surface area contributed by atoms with Gasteiger partial charge in [0.05, 0.1) is 24.6 Å². The summed E-state index contributed by atoms with van der Waals surface area (Å²) in [5, 5.41) is 7.53. The lowest BCUT2D eigenvalue weighted by molar-refractivity contribution is -0.130. The topological polar surface area (TPSA) is 104 Å². The smallest absolute Gasteiger partial charge is 0.250 e. The van der Waals surface area contributed by atoms with Crippen LogP contribution in [0.25, 0.3) is 10.9 Å². The molecule has 3 aliphatic heterocycles. The van der Waals surface area contributed by atoms with E-state index in [1.54, 1.807) is 31.4 Å². The largest absolute Gasteiger partial charge is 0.497 e. The van der Waals surface area contributed by atoms with Crippen molar-refractivity contribution in [2.24, 2.45) is 11.8 Å². The second-order valence-corrected chi connectivity index (χ2v) is 10.9. The van der Waals surface area contributed by atoms with Gasteiger partial charge in [0.15, 0.2) is 0 Å². The minimum Gasteiger partial charge on any atom is -0.497 e. The molecule has 4 aromatic rings. The number of carbonyl (C=O) groups excluding carboxylic acids is 3. The molecule has 8 nitrogen and oxygen atoms in total. The monoisotopic (exact) mass is 570 g/mol. The highest BCUT2D eigenvalue weighted by molar-refractivity contribution is 9.10. The highest BCUT2D eigenvalue weighted by atomic mass is 79.9. The molecule has 190 valence electrons. The zero-order valence-corrected chi connectivity index (χ0v) is 21.9. The lowest BCUT2D eigenvalue weighted by Gasteiger charge is -2.29. The first-order valence-electron chi connectivity index (χ1n) is 12.4. The first kappa shape index (κ1) is 23.2. The standard InChI is InChI=1S/C29H23BrN4O4/c1-38-18-9-7-17(8-10-18)34-26(35)24-23(12-15-14-31-21-5-3-2-4-19(15)21)33-29(25(24)27(34)36)20-13-16(30)6-11-22(20)32-28(29)37/h2-11,13-14,23-25,31,33H,12H2,1H3,(H,32,37)/t23-,24+,25+,29-/m1/s1. The zero-order chi connectivity index (χ0) is 26.2. The van der Waals surface area contributed by atoms with E-state index in [1.807, 2.05) is 48.7 Å². The Morgan fingerprint density at radius 3 is 2.58 bits per heavy atom. The molecule has 1 aromatic heterocycles. The number of aromatic amines is 1. The number of rotatable bonds is 4. The lowest BCUT2D eigenvalue weighted by atomic mass is 9.76. The van der Waals surface area contributed by atoms with Crippen molar-refractivity contribution in [3.63, 3.8) is 0 Å².